The molecule has 1 aliphatic rings. The molecule has 1 saturated heterocycles. The summed E-state index contributed by atoms with van der Waals surface area (Å²) in [6.07, 6.45) is 1.33. The number of rotatable bonds is 7. The number of ether oxygens (including phenoxy) is 1. The van der Waals surface area contributed by atoms with E-state index in [1.165, 1.54) is 16.4 Å². The van der Waals surface area contributed by atoms with Gasteiger partial charge in [0.1, 0.15) is 10.6 Å². The van der Waals surface area contributed by atoms with E-state index in [2.05, 4.69) is 4.72 Å². The predicted molar refractivity (Wildman–Crippen MR) is 124 cm³/mol. The summed E-state index contributed by atoms with van der Waals surface area (Å²) >= 11 is 0. The molecule has 1 fully saturated rings. The molecule has 0 atom stereocenters. The quantitative estimate of drug-likeness (QED) is 0.659. The highest BCUT2D eigenvalue weighted by Crippen LogP contribution is 2.35. The maximum atomic E-state index is 13.5. The number of hydrogen-bond donors (Lipinski definition) is 1. The molecule has 1 heterocycles. The summed E-state index contributed by atoms with van der Waals surface area (Å²) in [7, 11) is -7.51. The highest BCUT2D eigenvalue weighted by molar-refractivity contribution is 7.93. The second-order valence-corrected chi connectivity index (χ2v) is 11.6. The van der Waals surface area contributed by atoms with Gasteiger partial charge < -0.3 is 4.74 Å². The molecule has 2 aromatic carbocycles. The van der Waals surface area contributed by atoms with Gasteiger partial charge in [0.25, 0.3) is 10.0 Å². The molecule has 1 aliphatic heterocycles. The van der Waals surface area contributed by atoms with Crippen LogP contribution in [0, 0.1) is 6.92 Å². The third-order valence-electron chi connectivity index (χ3n) is 5.32. The molecule has 31 heavy (non-hydrogen) atoms. The van der Waals surface area contributed by atoms with Crippen LogP contribution in [0.15, 0.2) is 41.3 Å². The van der Waals surface area contributed by atoms with E-state index in [0.29, 0.717) is 24.3 Å². The summed E-state index contributed by atoms with van der Waals surface area (Å²) < 4.78 is 61.6. The number of benzene rings is 2. The highest BCUT2D eigenvalue weighted by Gasteiger charge is 2.29. The molecule has 9 heteroatoms. The van der Waals surface area contributed by atoms with Gasteiger partial charge in [0, 0.05) is 6.54 Å². The third kappa shape index (κ3) is 4.98. The van der Waals surface area contributed by atoms with Crippen molar-refractivity contribution in [2.45, 2.75) is 51.3 Å². The fourth-order valence-electron chi connectivity index (χ4n) is 3.72. The lowest BCUT2D eigenvalue weighted by Gasteiger charge is -2.29. The lowest BCUT2D eigenvalue weighted by Crippen LogP contribution is -2.38. The van der Waals surface area contributed by atoms with E-state index in [0.717, 1.165) is 17.5 Å². The Labute approximate surface area is 185 Å². The molecule has 1 N–H and O–H groups in total. The van der Waals surface area contributed by atoms with Crippen LogP contribution in [0.25, 0.3) is 0 Å². The summed E-state index contributed by atoms with van der Waals surface area (Å²) in [5.74, 6) is 0.364. The van der Waals surface area contributed by atoms with Crippen LogP contribution in [0.3, 0.4) is 0 Å². The Morgan fingerprint density at radius 3 is 2.55 bits per heavy atom. The lowest BCUT2D eigenvalue weighted by atomic mass is 9.99. The molecule has 0 radical (unpaired) electrons. The van der Waals surface area contributed by atoms with Gasteiger partial charge in [0.05, 0.1) is 23.7 Å². The molecule has 3 rings (SSSR count). The van der Waals surface area contributed by atoms with Crippen molar-refractivity contribution in [2.75, 3.05) is 27.9 Å². The Hall–Kier alpha value is -2.26. The number of aryl methyl sites for hydroxylation is 1. The van der Waals surface area contributed by atoms with Crippen molar-refractivity contribution in [1.29, 1.82) is 0 Å². The van der Waals surface area contributed by atoms with E-state index in [1.54, 1.807) is 13.0 Å². The molecule has 0 bridgehead atoms. The van der Waals surface area contributed by atoms with Crippen LogP contribution < -0.4 is 13.8 Å². The van der Waals surface area contributed by atoms with Crippen molar-refractivity contribution >= 4 is 31.4 Å². The van der Waals surface area contributed by atoms with Gasteiger partial charge in [-0.05, 0) is 61.9 Å². The number of nitrogens with one attached hydrogen (secondary N) is 1. The molecule has 0 spiro atoms. The molecule has 0 amide bonds. The normalized spacial score (nSPS) is 16.4. The Balaban J connectivity index is 2.10. The molecule has 0 aliphatic carbocycles. The zero-order valence-electron chi connectivity index (χ0n) is 18.4. The minimum atomic E-state index is -4.04. The topological polar surface area (TPSA) is 92.8 Å². The van der Waals surface area contributed by atoms with Crippen LogP contribution in [0.5, 0.6) is 5.75 Å². The first-order chi connectivity index (χ1) is 14.6. The minimum absolute atomic E-state index is 0.0570. The number of para-hydroxylation sites is 1. The largest absolute Gasteiger partial charge is 0.492 e. The lowest BCUT2D eigenvalue weighted by molar-refractivity contribution is 0.331. The van der Waals surface area contributed by atoms with Gasteiger partial charge in [-0.15, -0.1) is 0 Å². The van der Waals surface area contributed by atoms with Crippen LogP contribution in [-0.2, 0) is 20.0 Å². The van der Waals surface area contributed by atoms with E-state index in [-0.39, 0.29) is 28.9 Å². The second-order valence-electron chi connectivity index (χ2n) is 7.96. The van der Waals surface area contributed by atoms with Crippen molar-refractivity contribution in [3.8, 4) is 5.75 Å². The van der Waals surface area contributed by atoms with E-state index in [9.17, 15) is 16.8 Å². The first-order valence-corrected chi connectivity index (χ1v) is 13.6. The SMILES string of the molecule is CCOc1ccc(N2CCCCS2(=O)=O)cc1S(=O)(=O)Nc1c(C)cccc1C(C)C. The zero-order chi connectivity index (χ0) is 22.8. The molecular weight excluding hydrogens is 436 g/mol. The van der Waals surface area contributed by atoms with Gasteiger partial charge >= 0.3 is 0 Å². The van der Waals surface area contributed by atoms with Gasteiger partial charge in [-0.1, -0.05) is 32.0 Å². The predicted octanol–water partition coefficient (Wildman–Crippen LogP) is 4.25. The Kier molecular flexibility index (Phi) is 6.85. The van der Waals surface area contributed by atoms with Gasteiger partial charge in [0.2, 0.25) is 10.0 Å². The standard InChI is InChI=1S/C22H30N2O5S2/c1-5-29-20-12-11-18(24-13-6-7-14-30(24,25)26)15-21(20)31(27,28)23-22-17(4)9-8-10-19(22)16(2)3/h8-12,15-16,23H,5-7,13-14H2,1-4H3. The monoisotopic (exact) mass is 466 g/mol. The number of sulfonamides is 2. The summed E-state index contributed by atoms with van der Waals surface area (Å²) in [6, 6.07) is 10.2. The summed E-state index contributed by atoms with van der Waals surface area (Å²) in [6.45, 7) is 8.24. The number of nitrogens with zero attached hydrogens (tertiary/aromatic N) is 1. The van der Waals surface area contributed by atoms with Crippen molar-refractivity contribution in [3.05, 3.63) is 47.5 Å². The van der Waals surface area contributed by atoms with Crippen LogP contribution in [0.2, 0.25) is 0 Å². The maximum absolute atomic E-state index is 13.5. The number of anilines is 2. The molecule has 0 unspecified atom stereocenters. The molecule has 0 saturated carbocycles. The average molecular weight is 467 g/mol. The fourth-order valence-corrected chi connectivity index (χ4v) is 6.67. The van der Waals surface area contributed by atoms with E-state index in [4.69, 9.17) is 4.74 Å². The zero-order valence-corrected chi connectivity index (χ0v) is 20.0. The summed E-state index contributed by atoms with van der Waals surface area (Å²) in [5.41, 5.74) is 2.56. The maximum Gasteiger partial charge on any atom is 0.265 e. The first-order valence-electron chi connectivity index (χ1n) is 10.5. The van der Waals surface area contributed by atoms with Crippen LogP contribution >= 0.6 is 0 Å². The van der Waals surface area contributed by atoms with Gasteiger partial charge in [-0.2, -0.15) is 0 Å². The van der Waals surface area contributed by atoms with E-state index in [1.807, 2.05) is 39.0 Å². The third-order valence-corrected chi connectivity index (χ3v) is 8.56. The molecule has 7 nitrogen and oxygen atoms in total. The van der Waals surface area contributed by atoms with Crippen LogP contribution in [0.4, 0.5) is 11.4 Å². The van der Waals surface area contributed by atoms with Gasteiger partial charge in [-0.25, -0.2) is 16.8 Å². The Morgan fingerprint density at radius 2 is 1.90 bits per heavy atom. The summed E-state index contributed by atoms with van der Waals surface area (Å²) in [4.78, 5) is -0.0782. The van der Waals surface area contributed by atoms with Gasteiger partial charge in [-0.3, -0.25) is 9.03 Å². The van der Waals surface area contributed by atoms with E-state index >= 15 is 0 Å². The fraction of sp³-hybridized carbons (Fsp3) is 0.455. The summed E-state index contributed by atoms with van der Waals surface area (Å²) in [5, 5.41) is 0. The highest BCUT2D eigenvalue weighted by atomic mass is 32.2. The molecule has 2 aromatic rings. The van der Waals surface area contributed by atoms with Crippen molar-refractivity contribution in [2.24, 2.45) is 0 Å². The minimum Gasteiger partial charge on any atom is -0.492 e. The second kappa shape index (κ2) is 9.08. The molecule has 170 valence electrons. The average Bonchev–Trinajstić information content (AvgIpc) is 2.69. The van der Waals surface area contributed by atoms with Crippen molar-refractivity contribution < 1.29 is 21.6 Å². The van der Waals surface area contributed by atoms with Crippen LogP contribution in [0.1, 0.15) is 50.7 Å². The molecular formula is C22H30N2O5S2. The molecule has 0 aromatic heterocycles. The first kappa shape index (κ1) is 23.4. The van der Waals surface area contributed by atoms with Crippen LogP contribution in [-0.4, -0.2) is 35.7 Å². The van der Waals surface area contributed by atoms with Crippen molar-refractivity contribution in [3.63, 3.8) is 0 Å². The van der Waals surface area contributed by atoms with Crippen molar-refractivity contribution in [1.82, 2.24) is 0 Å². The Bertz CT molecular complexity index is 1160. The number of hydrogen-bond acceptors (Lipinski definition) is 5. The van der Waals surface area contributed by atoms with Gasteiger partial charge in [0.15, 0.2) is 0 Å². The van der Waals surface area contributed by atoms with E-state index < -0.39 is 20.0 Å². The Morgan fingerprint density at radius 1 is 1.16 bits per heavy atom. The smallest absolute Gasteiger partial charge is 0.265 e.